The Morgan fingerprint density at radius 3 is 2.42 bits per heavy atom. The lowest BCUT2D eigenvalue weighted by atomic mass is 10.0. The maximum Gasteiger partial charge on any atom is 0.346 e. The van der Waals surface area contributed by atoms with Crippen LogP contribution in [0, 0.1) is 17.5 Å². The summed E-state index contributed by atoms with van der Waals surface area (Å²) < 4.78 is 72.8. The number of hydrogen-bond donors (Lipinski definition) is 0. The number of benzene rings is 3. The maximum atomic E-state index is 14.4. The van der Waals surface area contributed by atoms with Crippen LogP contribution < -0.4 is 4.74 Å². The molecule has 0 saturated carbocycles. The molecular weight excluding hydrogens is 415 g/mol. The summed E-state index contributed by atoms with van der Waals surface area (Å²) in [6.45, 7) is 2.06. The average Bonchev–Trinajstić information content (AvgIpc) is 2.71. The van der Waals surface area contributed by atoms with Gasteiger partial charge < -0.3 is 4.74 Å². The number of carbonyl (C=O) groups excluding carboxylic acids is 1. The summed E-state index contributed by atoms with van der Waals surface area (Å²) in [5.74, 6) is -4.10. The highest BCUT2D eigenvalue weighted by atomic mass is 19.3. The molecule has 3 aromatic carbocycles. The summed E-state index contributed by atoms with van der Waals surface area (Å²) in [5.41, 5.74) is -0.359. The third-order valence-electron chi connectivity index (χ3n) is 4.82. The van der Waals surface area contributed by atoms with Gasteiger partial charge in [0.25, 0.3) is 6.08 Å². The fourth-order valence-electron chi connectivity index (χ4n) is 3.25. The molecule has 31 heavy (non-hydrogen) atoms. The van der Waals surface area contributed by atoms with Crippen molar-refractivity contribution >= 4 is 22.8 Å². The summed E-state index contributed by atoms with van der Waals surface area (Å²) in [7, 11) is 0. The Morgan fingerprint density at radius 2 is 1.74 bits per heavy atom. The minimum atomic E-state index is -2.24. The molecule has 3 aromatic rings. The molecule has 0 fully saturated rings. The zero-order valence-electron chi connectivity index (χ0n) is 16.7. The fraction of sp³-hybridized carbons (Fsp3) is 0.208. The van der Waals surface area contributed by atoms with Crippen LogP contribution in [-0.2, 0) is 6.42 Å². The van der Waals surface area contributed by atoms with Crippen LogP contribution in [0.3, 0.4) is 0 Å². The molecule has 0 radical (unpaired) electrons. The van der Waals surface area contributed by atoms with E-state index < -0.39 is 35.1 Å². The number of aryl methyl sites for hydroxylation is 1. The molecule has 7 heteroatoms. The van der Waals surface area contributed by atoms with Gasteiger partial charge in [0.05, 0.1) is 11.1 Å². The monoisotopic (exact) mass is 434 g/mol. The van der Waals surface area contributed by atoms with Crippen molar-refractivity contribution in [3.05, 3.63) is 82.7 Å². The first kappa shape index (κ1) is 22.5. The SMILES string of the molecule is CCCCCc1ccc(C(=O)Oc2ccc3c(F)c(C=C(F)F)c(F)cc3c2)c(F)c1. The van der Waals surface area contributed by atoms with E-state index in [1.54, 1.807) is 6.07 Å². The standard InChI is InChI=1S/C24H19F5O2/c1-2-3-4-5-14-6-8-18(20(25)10-14)24(30)31-16-7-9-17-15(11-16)12-21(26)19(23(17)29)13-22(27)28/h6-13H,2-5H2,1H3. The molecule has 2 nitrogen and oxygen atoms in total. The number of fused-ring (bicyclic) bond motifs is 1. The maximum absolute atomic E-state index is 14.4. The molecule has 0 aliphatic carbocycles. The Balaban J connectivity index is 1.83. The van der Waals surface area contributed by atoms with E-state index >= 15 is 0 Å². The molecule has 162 valence electrons. The van der Waals surface area contributed by atoms with Crippen molar-refractivity contribution in [2.75, 3.05) is 0 Å². The second kappa shape index (κ2) is 9.73. The Labute approximate surface area is 176 Å². The fourth-order valence-corrected chi connectivity index (χ4v) is 3.25. The lowest BCUT2D eigenvalue weighted by Gasteiger charge is -2.09. The van der Waals surface area contributed by atoms with Gasteiger partial charge in [-0.3, -0.25) is 0 Å². The molecule has 0 saturated heterocycles. The van der Waals surface area contributed by atoms with Crippen LogP contribution in [0.25, 0.3) is 16.8 Å². The summed E-state index contributed by atoms with van der Waals surface area (Å²) in [5, 5.41) is -0.125. The zero-order chi connectivity index (χ0) is 22.5. The second-order valence-electron chi connectivity index (χ2n) is 7.06. The number of esters is 1. The van der Waals surface area contributed by atoms with Crippen LogP contribution in [0.5, 0.6) is 5.75 Å². The van der Waals surface area contributed by atoms with Crippen molar-refractivity contribution in [3.63, 3.8) is 0 Å². The quantitative estimate of drug-likeness (QED) is 0.167. The first-order chi connectivity index (χ1) is 14.8. The van der Waals surface area contributed by atoms with Gasteiger partial charge in [-0.2, -0.15) is 8.78 Å². The molecule has 0 N–H and O–H groups in total. The number of carbonyl (C=O) groups is 1. The molecular formula is C24H19F5O2. The largest absolute Gasteiger partial charge is 0.423 e. The van der Waals surface area contributed by atoms with E-state index in [0.717, 1.165) is 30.9 Å². The number of unbranched alkanes of at least 4 members (excludes halogenated alkanes) is 2. The van der Waals surface area contributed by atoms with E-state index in [1.807, 2.05) is 0 Å². The van der Waals surface area contributed by atoms with Gasteiger partial charge in [0.2, 0.25) is 0 Å². The zero-order valence-corrected chi connectivity index (χ0v) is 16.7. The predicted octanol–water partition coefficient (Wildman–Crippen LogP) is 7.45. The van der Waals surface area contributed by atoms with Crippen LogP contribution in [0.2, 0.25) is 0 Å². The van der Waals surface area contributed by atoms with E-state index in [1.165, 1.54) is 30.3 Å². The first-order valence-corrected chi connectivity index (χ1v) is 9.75. The number of hydrogen-bond acceptors (Lipinski definition) is 2. The minimum absolute atomic E-state index is 0.00320. The summed E-state index contributed by atoms with van der Waals surface area (Å²) >= 11 is 0. The van der Waals surface area contributed by atoms with E-state index in [9.17, 15) is 26.7 Å². The molecule has 3 rings (SSSR count). The molecule has 0 unspecified atom stereocenters. The lowest BCUT2D eigenvalue weighted by Crippen LogP contribution is -2.11. The first-order valence-electron chi connectivity index (χ1n) is 9.75. The van der Waals surface area contributed by atoms with E-state index in [0.29, 0.717) is 6.42 Å². The highest BCUT2D eigenvalue weighted by Gasteiger charge is 2.17. The van der Waals surface area contributed by atoms with Gasteiger partial charge in [-0.25, -0.2) is 18.0 Å². The van der Waals surface area contributed by atoms with Crippen molar-refractivity contribution in [1.29, 1.82) is 0 Å². The normalized spacial score (nSPS) is 10.9. The number of rotatable bonds is 7. The smallest absolute Gasteiger partial charge is 0.346 e. The van der Waals surface area contributed by atoms with Gasteiger partial charge in [-0.1, -0.05) is 25.8 Å². The third kappa shape index (κ3) is 5.29. The third-order valence-corrected chi connectivity index (χ3v) is 4.82. The highest BCUT2D eigenvalue weighted by Crippen LogP contribution is 2.29. The second-order valence-corrected chi connectivity index (χ2v) is 7.06. The highest BCUT2D eigenvalue weighted by molar-refractivity contribution is 5.93. The van der Waals surface area contributed by atoms with Gasteiger partial charge in [0.1, 0.15) is 23.2 Å². The molecule has 0 bridgehead atoms. The molecule has 0 amide bonds. The predicted molar refractivity (Wildman–Crippen MR) is 109 cm³/mol. The van der Waals surface area contributed by atoms with Crippen molar-refractivity contribution in [2.45, 2.75) is 32.6 Å². The van der Waals surface area contributed by atoms with Crippen molar-refractivity contribution in [1.82, 2.24) is 0 Å². The van der Waals surface area contributed by atoms with E-state index in [-0.39, 0.29) is 28.2 Å². The van der Waals surface area contributed by atoms with Gasteiger partial charge in [0.15, 0.2) is 0 Å². The van der Waals surface area contributed by atoms with Crippen LogP contribution in [-0.4, -0.2) is 5.97 Å². The Hall–Kier alpha value is -3.22. The van der Waals surface area contributed by atoms with E-state index in [4.69, 9.17) is 4.74 Å². The Kier molecular flexibility index (Phi) is 7.05. The average molecular weight is 434 g/mol. The van der Waals surface area contributed by atoms with Crippen LogP contribution in [0.15, 0.2) is 48.5 Å². The number of ether oxygens (including phenoxy) is 1. The minimum Gasteiger partial charge on any atom is -0.423 e. The number of halogens is 5. The Bertz CT molecular complexity index is 1150. The van der Waals surface area contributed by atoms with Gasteiger partial charge in [0, 0.05) is 11.5 Å². The molecule has 0 aliphatic heterocycles. The van der Waals surface area contributed by atoms with Gasteiger partial charge in [-0.05, 0) is 60.2 Å². The van der Waals surface area contributed by atoms with Crippen molar-refractivity contribution < 1.29 is 31.5 Å². The van der Waals surface area contributed by atoms with E-state index in [2.05, 4.69) is 6.92 Å². The van der Waals surface area contributed by atoms with Crippen molar-refractivity contribution in [3.8, 4) is 5.75 Å². The van der Waals surface area contributed by atoms with Gasteiger partial charge in [-0.15, -0.1) is 0 Å². The van der Waals surface area contributed by atoms with Crippen LogP contribution in [0.1, 0.15) is 47.7 Å². The summed E-state index contributed by atoms with van der Waals surface area (Å²) in [4.78, 5) is 12.4. The molecule has 0 aromatic heterocycles. The molecule has 0 aliphatic rings. The Morgan fingerprint density at radius 1 is 0.968 bits per heavy atom. The molecule has 0 heterocycles. The van der Waals surface area contributed by atoms with Crippen LogP contribution in [0.4, 0.5) is 22.0 Å². The summed E-state index contributed by atoms with van der Waals surface area (Å²) in [6, 6.07) is 8.70. The summed E-state index contributed by atoms with van der Waals surface area (Å²) in [6.07, 6.45) is 1.55. The van der Waals surface area contributed by atoms with Crippen LogP contribution >= 0.6 is 0 Å². The topological polar surface area (TPSA) is 26.3 Å². The molecule has 0 spiro atoms. The van der Waals surface area contributed by atoms with Crippen molar-refractivity contribution in [2.24, 2.45) is 0 Å². The molecule has 0 atom stereocenters. The van der Waals surface area contributed by atoms with Gasteiger partial charge >= 0.3 is 5.97 Å². The lowest BCUT2D eigenvalue weighted by molar-refractivity contribution is 0.0730.